The Labute approximate surface area is 268 Å². The maximum absolute atomic E-state index is 12.4. The van der Waals surface area contributed by atoms with Crippen LogP contribution in [0.1, 0.15) is 120 Å². The Hall–Kier alpha value is -0.240. The van der Waals surface area contributed by atoms with Gasteiger partial charge in [-0.1, -0.05) is 62.3 Å². The molecule has 0 bridgehead atoms. The third-order valence-corrected chi connectivity index (χ3v) is 15.1. The fraction of sp³-hybridized carbons (Fsp3) is 0.921. The van der Waals surface area contributed by atoms with Gasteiger partial charge in [-0.3, -0.25) is 4.90 Å². The lowest BCUT2D eigenvalue weighted by atomic mass is 9.41. The smallest absolute Gasteiger partial charge is 0.170 e. The molecule has 6 nitrogen and oxygen atoms in total. The Kier molecular flexibility index (Phi) is 7.62. The number of ether oxygens (including phenoxy) is 3. The second-order valence-corrected chi connectivity index (χ2v) is 18.5. The molecule has 7 rings (SSSR count). The quantitative estimate of drug-likeness (QED) is 0.350. The van der Waals surface area contributed by atoms with Crippen LogP contribution in [0.5, 0.6) is 0 Å². The van der Waals surface area contributed by atoms with Gasteiger partial charge in [0.1, 0.15) is 12.2 Å². The number of fused-ring (bicyclic) bond motifs is 4. The molecular formula is C38H62NO5. The second kappa shape index (κ2) is 10.4. The zero-order valence-corrected chi connectivity index (χ0v) is 29.3. The fourth-order valence-corrected chi connectivity index (χ4v) is 12.8. The summed E-state index contributed by atoms with van der Waals surface area (Å²) in [6.07, 6.45) is 10.7. The van der Waals surface area contributed by atoms with Gasteiger partial charge in [0.25, 0.3) is 0 Å². The Morgan fingerprint density at radius 1 is 1.09 bits per heavy atom. The highest BCUT2D eigenvalue weighted by molar-refractivity contribution is 5.44. The molecule has 5 aliphatic carbocycles. The molecule has 0 aromatic carbocycles. The molecule has 0 amide bonds. The third-order valence-electron chi connectivity index (χ3n) is 15.1. The Morgan fingerprint density at radius 2 is 1.84 bits per heavy atom. The van der Waals surface area contributed by atoms with Gasteiger partial charge < -0.3 is 24.4 Å². The minimum atomic E-state index is -0.636. The van der Waals surface area contributed by atoms with Crippen molar-refractivity contribution in [3.8, 4) is 0 Å². The molecule has 6 heteroatoms. The summed E-state index contributed by atoms with van der Waals surface area (Å²) < 4.78 is 19.7. The minimum Gasteiger partial charge on any atom is -0.389 e. The standard InChI is InChI=1S/C38H62NO5/c1-10-17-39-18-19-42-28(21-39)44-27-13-14-37-22-38(37)16-15-35(8)29-23(2)20-24(31(40)33(3,4)5)43-30(29)32(41)36(35,9)26(38)12-11-25(37)34(27,6)7/h23,25,27-29,31-32,40-41H,10-22H2,1-9H3/t23-,25+,27?,28+,29+,31+,32+,35-,36-,37-,38+/m1/s1. The molecule has 0 aromatic rings. The monoisotopic (exact) mass is 612 g/mol. The van der Waals surface area contributed by atoms with Gasteiger partial charge >= 0.3 is 0 Å². The van der Waals surface area contributed by atoms with Crippen molar-refractivity contribution in [2.24, 2.45) is 50.2 Å². The third kappa shape index (κ3) is 4.18. The fourth-order valence-electron chi connectivity index (χ4n) is 12.8. The Morgan fingerprint density at radius 3 is 2.55 bits per heavy atom. The number of morpholine rings is 1. The van der Waals surface area contributed by atoms with Gasteiger partial charge in [0.05, 0.1) is 24.9 Å². The van der Waals surface area contributed by atoms with Crippen LogP contribution in [0, 0.1) is 68.4 Å². The summed E-state index contributed by atoms with van der Waals surface area (Å²) in [4.78, 5) is 2.50. The van der Waals surface area contributed by atoms with Crippen molar-refractivity contribution in [1.82, 2.24) is 4.90 Å². The Balaban J connectivity index is 1.13. The molecular weight excluding hydrogens is 550 g/mol. The van der Waals surface area contributed by atoms with Crippen LogP contribution in [-0.2, 0) is 14.2 Å². The lowest BCUT2D eigenvalue weighted by molar-refractivity contribution is -0.243. The van der Waals surface area contributed by atoms with Gasteiger partial charge in [0.15, 0.2) is 6.29 Å². The molecule has 2 saturated heterocycles. The molecule has 2 aliphatic heterocycles. The zero-order valence-electron chi connectivity index (χ0n) is 29.3. The first-order valence-corrected chi connectivity index (χ1v) is 18.2. The second-order valence-electron chi connectivity index (χ2n) is 18.5. The number of aliphatic hydroxyl groups is 2. The number of nitrogens with zero attached hydrogens (tertiary/aromatic N) is 1. The Bertz CT molecular complexity index is 1100. The molecule has 2 spiro atoms. The van der Waals surface area contributed by atoms with Crippen LogP contribution in [-0.4, -0.2) is 66.0 Å². The molecule has 249 valence electrons. The lowest BCUT2D eigenvalue weighted by Crippen LogP contribution is -2.59. The van der Waals surface area contributed by atoms with Gasteiger partial charge in [0, 0.05) is 24.4 Å². The normalized spacial score (nSPS) is 50.2. The van der Waals surface area contributed by atoms with Crippen molar-refractivity contribution >= 4 is 0 Å². The van der Waals surface area contributed by atoms with E-state index in [-0.39, 0.29) is 45.4 Å². The number of rotatable bonds is 5. The van der Waals surface area contributed by atoms with E-state index in [1.54, 1.807) is 5.92 Å². The van der Waals surface area contributed by atoms with Crippen molar-refractivity contribution in [3.05, 3.63) is 18.1 Å². The van der Waals surface area contributed by atoms with Crippen molar-refractivity contribution in [1.29, 1.82) is 0 Å². The number of hydrogen-bond donors (Lipinski definition) is 2. The highest BCUT2D eigenvalue weighted by atomic mass is 16.7. The maximum atomic E-state index is 12.4. The van der Waals surface area contributed by atoms with Crippen molar-refractivity contribution in [3.63, 3.8) is 0 Å². The van der Waals surface area contributed by atoms with E-state index in [1.807, 2.05) is 0 Å². The average molecular weight is 613 g/mol. The van der Waals surface area contributed by atoms with E-state index >= 15 is 0 Å². The van der Waals surface area contributed by atoms with Crippen LogP contribution < -0.4 is 0 Å². The molecule has 1 unspecified atom stereocenters. The predicted molar refractivity (Wildman–Crippen MR) is 172 cm³/mol. The first-order valence-electron chi connectivity index (χ1n) is 18.2. The molecule has 11 atom stereocenters. The zero-order chi connectivity index (χ0) is 31.7. The maximum Gasteiger partial charge on any atom is 0.170 e. The largest absolute Gasteiger partial charge is 0.389 e. The topological polar surface area (TPSA) is 71.4 Å². The molecule has 0 aromatic heterocycles. The van der Waals surface area contributed by atoms with Gasteiger partial charge in [-0.25, -0.2) is 0 Å². The molecule has 44 heavy (non-hydrogen) atoms. The molecule has 2 N–H and O–H groups in total. The average Bonchev–Trinajstić information content (AvgIpc) is 3.59. The van der Waals surface area contributed by atoms with E-state index in [4.69, 9.17) is 14.2 Å². The number of hydrogen-bond acceptors (Lipinski definition) is 6. The van der Waals surface area contributed by atoms with E-state index in [0.717, 1.165) is 64.1 Å². The first kappa shape index (κ1) is 32.3. The van der Waals surface area contributed by atoms with Crippen LogP contribution >= 0.6 is 0 Å². The van der Waals surface area contributed by atoms with Gasteiger partial charge in [-0.15, -0.1) is 0 Å². The highest BCUT2D eigenvalue weighted by Crippen LogP contribution is 2.90. The van der Waals surface area contributed by atoms with Crippen LogP contribution in [0.25, 0.3) is 0 Å². The summed E-state index contributed by atoms with van der Waals surface area (Å²) in [6.45, 7) is 24.4. The van der Waals surface area contributed by atoms with E-state index in [9.17, 15) is 10.2 Å². The van der Waals surface area contributed by atoms with E-state index in [0.29, 0.717) is 17.3 Å². The van der Waals surface area contributed by atoms with Crippen molar-refractivity contribution in [2.75, 3.05) is 26.2 Å². The van der Waals surface area contributed by atoms with Gasteiger partial charge in [-0.05, 0) is 109 Å². The van der Waals surface area contributed by atoms with E-state index < -0.39 is 12.2 Å². The summed E-state index contributed by atoms with van der Waals surface area (Å²) in [7, 11) is 0. The van der Waals surface area contributed by atoms with E-state index in [2.05, 4.69) is 67.2 Å². The van der Waals surface area contributed by atoms with Gasteiger partial charge in [0.2, 0.25) is 0 Å². The number of aliphatic hydroxyl groups excluding tert-OH is 2. The minimum absolute atomic E-state index is 0.0326. The lowest BCUT2D eigenvalue weighted by Gasteiger charge is -2.63. The van der Waals surface area contributed by atoms with Crippen LogP contribution in [0.3, 0.4) is 0 Å². The predicted octanol–water partition coefficient (Wildman–Crippen LogP) is 6.95. The summed E-state index contributed by atoms with van der Waals surface area (Å²) in [5.41, 5.74) is 0.0353. The van der Waals surface area contributed by atoms with Crippen LogP contribution in [0.4, 0.5) is 0 Å². The molecule has 7 fully saturated rings. The summed E-state index contributed by atoms with van der Waals surface area (Å²) in [6, 6.07) is 0. The van der Waals surface area contributed by atoms with Crippen LogP contribution in [0.15, 0.2) is 0 Å². The molecule has 7 aliphatic rings. The molecule has 2 heterocycles. The highest BCUT2D eigenvalue weighted by Gasteiger charge is 2.85. The summed E-state index contributed by atoms with van der Waals surface area (Å²) in [5.74, 6) is 2.86. The van der Waals surface area contributed by atoms with E-state index in [1.165, 1.54) is 32.1 Å². The summed E-state index contributed by atoms with van der Waals surface area (Å²) >= 11 is 0. The van der Waals surface area contributed by atoms with Gasteiger partial charge in [-0.2, -0.15) is 0 Å². The van der Waals surface area contributed by atoms with Crippen LogP contribution in [0.2, 0.25) is 0 Å². The molecule has 3 radical (unpaired) electrons. The molecule has 5 saturated carbocycles. The summed E-state index contributed by atoms with van der Waals surface area (Å²) in [5, 5.41) is 23.6. The first-order chi connectivity index (χ1) is 20.6. The van der Waals surface area contributed by atoms with Crippen molar-refractivity contribution < 1.29 is 24.4 Å². The SMILES string of the molecule is CCCN1CCO[C@@H](OC2CC[C@]34C[C@]35CC[C@]3(C)[C@@H]6[C](O[C]([C@H](O)C(C)(C)C)C[C@H]6C)[C@H](O)[C@@]3(C)[C]5CC[C@H]4C2(C)C)C1. The van der Waals surface area contributed by atoms with Crippen molar-refractivity contribution in [2.45, 2.75) is 145 Å².